The molecule has 23 heavy (non-hydrogen) atoms. The van der Waals surface area contributed by atoms with Crippen molar-refractivity contribution < 1.29 is 29.6 Å². The van der Waals surface area contributed by atoms with E-state index in [1.54, 1.807) is 6.20 Å². The molecule has 0 unspecified atom stereocenters. The normalized spacial score (nSPS) is 32.6. The molecule has 0 amide bonds. The van der Waals surface area contributed by atoms with Crippen molar-refractivity contribution in [1.29, 1.82) is 0 Å². The van der Waals surface area contributed by atoms with Crippen molar-refractivity contribution in [2.45, 2.75) is 31.0 Å². The van der Waals surface area contributed by atoms with E-state index in [0.29, 0.717) is 24.2 Å². The van der Waals surface area contributed by atoms with Crippen LogP contribution < -0.4 is 5.32 Å². The summed E-state index contributed by atoms with van der Waals surface area (Å²) in [4.78, 5) is 24.3. The van der Waals surface area contributed by atoms with Crippen LogP contribution in [0.1, 0.15) is 27.8 Å². The Balaban J connectivity index is 1.85. The van der Waals surface area contributed by atoms with Gasteiger partial charge in [0.05, 0.1) is 6.61 Å². The highest BCUT2D eigenvalue weighted by Gasteiger charge is 2.46. The Hall–Kier alpha value is -2.00. The Labute approximate surface area is 131 Å². The van der Waals surface area contributed by atoms with Crippen molar-refractivity contribution in [3.05, 3.63) is 29.1 Å². The molecule has 1 aromatic heterocycles. The Kier molecular flexibility index (Phi) is 3.17. The number of nitrogens with one attached hydrogen (secondary N) is 1. The van der Waals surface area contributed by atoms with Gasteiger partial charge < -0.3 is 29.9 Å². The number of aromatic nitrogens is 1. The Morgan fingerprint density at radius 1 is 1.30 bits per heavy atom. The number of aliphatic hydroxyl groups is 3. The molecule has 8 heteroatoms. The molecule has 3 aliphatic rings. The summed E-state index contributed by atoms with van der Waals surface area (Å²) in [6, 6.07) is 0. The maximum Gasteiger partial charge on any atom is 0.250 e. The van der Waals surface area contributed by atoms with E-state index in [-0.39, 0.29) is 5.69 Å². The Bertz CT molecular complexity index is 737. The summed E-state index contributed by atoms with van der Waals surface area (Å²) in [6.45, 7) is 0.185. The zero-order chi connectivity index (χ0) is 16.3. The van der Waals surface area contributed by atoms with Crippen molar-refractivity contribution in [1.82, 2.24) is 9.88 Å². The van der Waals surface area contributed by atoms with Gasteiger partial charge in [0.1, 0.15) is 24.0 Å². The number of ether oxygens (including phenoxy) is 1. The third kappa shape index (κ3) is 1.93. The molecular weight excluding hydrogens is 304 g/mol. The van der Waals surface area contributed by atoms with Crippen LogP contribution in [-0.2, 0) is 16.0 Å². The lowest BCUT2D eigenvalue weighted by Gasteiger charge is -2.23. The van der Waals surface area contributed by atoms with Crippen LogP contribution in [0, 0.1) is 0 Å². The standard InChI is InChI=1S/C15H16N2O6/c18-5-9-13(21)14(22)15(23-9)17-4-6-1-2-16-7-3-8(19)12(20)11(17)10(6)7/h3-4,9,13-16,18,21-22H,1-2,5H2/t9-,13-,14-,15+/m1/s1. The number of allylic oxidation sites excluding steroid dienone is 1. The molecule has 8 nitrogen and oxygen atoms in total. The highest BCUT2D eigenvalue weighted by Crippen LogP contribution is 2.37. The number of Topliss-reactive ketones (excluding diaryl/α,β-unsaturated/α-hetero) is 1. The summed E-state index contributed by atoms with van der Waals surface area (Å²) in [5, 5.41) is 32.4. The minimum absolute atomic E-state index is 0.157. The highest BCUT2D eigenvalue weighted by molar-refractivity contribution is 6.50. The van der Waals surface area contributed by atoms with Crippen molar-refractivity contribution >= 4 is 17.3 Å². The number of hydrogen-bond acceptors (Lipinski definition) is 7. The van der Waals surface area contributed by atoms with Crippen molar-refractivity contribution in [3.8, 4) is 0 Å². The quantitative estimate of drug-likeness (QED) is 0.482. The fourth-order valence-electron chi connectivity index (χ4n) is 3.47. The molecule has 0 radical (unpaired) electrons. The van der Waals surface area contributed by atoms with Crippen LogP contribution in [0.2, 0.25) is 0 Å². The first kappa shape index (κ1) is 14.6. The van der Waals surface area contributed by atoms with Gasteiger partial charge in [0.15, 0.2) is 6.23 Å². The number of carbonyl (C=O) groups excluding carboxylic acids is 2. The van der Waals surface area contributed by atoms with Gasteiger partial charge in [0.2, 0.25) is 11.6 Å². The second-order valence-corrected chi connectivity index (χ2v) is 5.94. The summed E-state index contributed by atoms with van der Waals surface area (Å²) in [6.07, 6.45) is -0.904. The fourth-order valence-corrected chi connectivity index (χ4v) is 3.47. The third-order valence-electron chi connectivity index (χ3n) is 4.60. The number of ketones is 2. The first-order valence-corrected chi connectivity index (χ1v) is 7.43. The molecule has 4 atom stereocenters. The topological polar surface area (TPSA) is 121 Å². The van der Waals surface area contributed by atoms with Crippen molar-refractivity contribution in [3.63, 3.8) is 0 Å². The largest absolute Gasteiger partial charge is 0.394 e. The number of aliphatic hydroxyl groups excluding tert-OH is 3. The first-order valence-electron chi connectivity index (χ1n) is 7.43. The molecule has 0 aromatic carbocycles. The van der Waals surface area contributed by atoms with Gasteiger partial charge in [-0.15, -0.1) is 0 Å². The van der Waals surface area contributed by atoms with Gasteiger partial charge in [-0.2, -0.15) is 0 Å². The monoisotopic (exact) mass is 320 g/mol. The molecule has 4 rings (SSSR count). The SMILES string of the molecule is O=C1C=C2NCCc3cn([C@H]4O[C@H](CO)[C@@H](O)[C@H]4O)c(c32)C1=O. The average molecular weight is 320 g/mol. The fraction of sp³-hybridized carbons (Fsp3) is 0.467. The van der Waals surface area contributed by atoms with E-state index >= 15 is 0 Å². The molecule has 1 aromatic rings. The van der Waals surface area contributed by atoms with Gasteiger partial charge in [-0.25, -0.2) is 0 Å². The molecule has 4 N–H and O–H groups in total. The molecule has 1 saturated heterocycles. The zero-order valence-electron chi connectivity index (χ0n) is 12.1. The van der Waals surface area contributed by atoms with Crippen LogP contribution in [0.5, 0.6) is 0 Å². The second-order valence-electron chi connectivity index (χ2n) is 5.94. The predicted octanol–water partition coefficient (Wildman–Crippen LogP) is -1.65. The van der Waals surface area contributed by atoms with E-state index in [4.69, 9.17) is 4.74 Å². The van der Waals surface area contributed by atoms with Gasteiger partial charge in [0, 0.05) is 30.1 Å². The lowest BCUT2D eigenvalue weighted by atomic mass is 9.93. The molecule has 3 heterocycles. The maximum absolute atomic E-state index is 12.3. The molecule has 1 aliphatic carbocycles. The van der Waals surface area contributed by atoms with E-state index in [2.05, 4.69) is 5.32 Å². The average Bonchev–Trinajstić information content (AvgIpc) is 3.05. The maximum atomic E-state index is 12.3. The molecule has 0 saturated carbocycles. The van der Waals surface area contributed by atoms with E-state index in [9.17, 15) is 24.9 Å². The molecule has 0 spiro atoms. The summed E-state index contributed by atoms with van der Waals surface area (Å²) < 4.78 is 6.91. The number of rotatable bonds is 2. The Morgan fingerprint density at radius 2 is 2.09 bits per heavy atom. The van der Waals surface area contributed by atoms with Gasteiger partial charge in [0.25, 0.3) is 0 Å². The summed E-state index contributed by atoms with van der Waals surface area (Å²) in [7, 11) is 0. The summed E-state index contributed by atoms with van der Waals surface area (Å²) in [5.74, 6) is -1.31. The minimum atomic E-state index is -1.30. The minimum Gasteiger partial charge on any atom is -0.394 e. The van der Waals surface area contributed by atoms with E-state index in [0.717, 1.165) is 5.56 Å². The number of carbonyl (C=O) groups is 2. The van der Waals surface area contributed by atoms with Gasteiger partial charge in [-0.05, 0) is 12.0 Å². The smallest absolute Gasteiger partial charge is 0.250 e. The summed E-state index contributed by atoms with van der Waals surface area (Å²) >= 11 is 0. The van der Waals surface area contributed by atoms with Crippen LogP contribution in [-0.4, -0.2) is 62.9 Å². The van der Waals surface area contributed by atoms with Gasteiger partial charge >= 0.3 is 0 Å². The van der Waals surface area contributed by atoms with Crippen LogP contribution in [0.3, 0.4) is 0 Å². The van der Waals surface area contributed by atoms with Crippen LogP contribution in [0.4, 0.5) is 0 Å². The van der Waals surface area contributed by atoms with Crippen molar-refractivity contribution in [2.24, 2.45) is 0 Å². The number of nitrogens with zero attached hydrogens (tertiary/aromatic N) is 1. The molecule has 2 aliphatic heterocycles. The zero-order valence-corrected chi connectivity index (χ0v) is 12.1. The van der Waals surface area contributed by atoms with Gasteiger partial charge in [-0.1, -0.05) is 0 Å². The van der Waals surface area contributed by atoms with Gasteiger partial charge in [-0.3, -0.25) is 9.59 Å². The van der Waals surface area contributed by atoms with E-state index in [1.807, 2.05) is 0 Å². The Morgan fingerprint density at radius 3 is 2.78 bits per heavy atom. The summed E-state index contributed by atoms with van der Waals surface area (Å²) in [5.41, 5.74) is 2.28. The molecule has 0 bridgehead atoms. The first-order chi connectivity index (χ1) is 11.0. The molecule has 122 valence electrons. The lowest BCUT2D eigenvalue weighted by Crippen LogP contribution is -2.34. The predicted molar refractivity (Wildman–Crippen MR) is 76.5 cm³/mol. The molecule has 1 fully saturated rings. The third-order valence-corrected chi connectivity index (χ3v) is 4.60. The second kappa shape index (κ2) is 5.00. The van der Waals surface area contributed by atoms with Crippen LogP contribution in [0.15, 0.2) is 12.3 Å². The lowest BCUT2D eigenvalue weighted by molar-refractivity contribution is -0.111. The van der Waals surface area contributed by atoms with E-state index < -0.39 is 42.7 Å². The highest BCUT2D eigenvalue weighted by atomic mass is 16.6. The van der Waals surface area contributed by atoms with Crippen molar-refractivity contribution in [2.75, 3.05) is 13.2 Å². The van der Waals surface area contributed by atoms with Crippen LogP contribution in [0.25, 0.3) is 5.70 Å². The molecular formula is C15H16N2O6. The number of hydrogen-bond donors (Lipinski definition) is 4. The van der Waals surface area contributed by atoms with E-state index in [1.165, 1.54) is 10.6 Å². The van der Waals surface area contributed by atoms with Crippen LogP contribution >= 0.6 is 0 Å².